The minimum atomic E-state index is 0.0265. The van der Waals surface area contributed by atoms with Gasteiger partial charge in [-0.25, -0.2) is 14.6 Å². The second-order valence-corrected chi connectivity index (χ2v) is 9.26. The number of carbonyl (C=O) groups is 1. The summed E-state index contributed by atoms with van der Waals surface area (Å²) in [6.45, 7) is 7.39. The van der Waals surface area contributed by atoms with Crippen molar-refractivity contribution in [2.45, 2.75) is 33.1 Å². The molecule has 2 aromatic heterocycles. The van der Waals surface area contributed by atoms with Crippen LogP contribution in [0.3, 0.4) is 0 Å². The lowest BCUT2D eigenvalue weighted by Crippen LogP contribution is -2.37. The van der Waals surface area contributed by atoms with Crippen molar-refractivity contribution in [2.75, 3.05) is 44.8 Å². The molecular weight excluding hydrogens is 440 g/mol. The van der Waals surface area contributed by atoms with E-state index in [1.165, 1.54) is 0 Å². The van der Waals surface area contributed by atoms with E-state index in [1.54, 1.807) is 7.11 Å². The Bertz CT molecular complexity index is 1120. The predicted octanol–water partition coefficient (Wildman–Crippen LogP) is 3.74. The van der Waals surface area contributed by atoms with Gasteiger partial charge in [0.2, 0.25) is 5.91 Å². The number of hydrogen-bond donors (Lipinski definition) is 0. The van der Waals surface area contributed by atoms with E-state index in [1.807, 2.05) is 40.0 Å². The second-order valence-electron chi connectivity index (χ2n) is 8.82. The molecule has 4 rings (SSSR count). The lowest BCUT2D eigenvalue weighted by atomic mass is 10.1. The molecule has 1 amide bonds. The Hall–Kier alpha value is -2.71. The Kier molecular flexibility index (Phi) is 7.45. The molecule has 0 saturated carbocycles. The van der Waals surface area contributed by atoms with E-state index >= 15 is 0 Å². The third-order valence-corrected chi connectivity index (χ3v) is 6.10. The van der Waals surface area contributed by atoms with Crippen LogP contribution >= 0.6 is 11.6 Å². The van der Waals surface area contributed by atoms with E-state index in [0.29, 0.717) is 24.0 Å². The van der Waals surface area contributed by atoms with Crippen molar-refractivity contribution < 1.29 is 9.53 Å². The van der Waals surface area contributed by atoms with E-state index < -0.39 is 0 Å². The molecule has 8 nitrogen and oxygen atoms in total. The van der Waals surface area contributed by atoms with Gasteiger partial charge in [-0.05, 0) is 37.0 Å². The highest BCUT2D eigenvalue weighted by Gasteiger charge is 2.23. The van der Waals surface area contributed by atoms with Crippen LogP contribution < -0.4 is 4.90 Å². The number of benzene rings is 1. The largest absolute Gasteiger partial charge is 0.375 e. The molecule has 0 spiro atoms. The molecule has 3 aromatic rings. The minimum absolute atomic E-state index is 0.0265. The zero-order valence-corrected chi connectivity index (χ0v) is 20.3. The van der Waals surface area contributed by atoms with Gasteiger partial charge in [0.1, 0.15) is 18.2 Å². The summed E-state index contributed by atoms with van der Waals surface area (Å²) in [5.41, 5.74) is 1.64. The van der Waals surface area contributed by atoms with E-state index in [4.69, 9.17) is 26.3 Å². The normalized spacial score (nSPS) is 14.8. The summed E-state index contributed by atoms with van der Waals surface area (Å²) < 4.78 is 6.87. The van der Waals surface area contributed by atoms with Crippen molar-refractivity contribution in [1.82, 2.24) is 24.6 Å². The Labute approximate surface area is 199 Å². The van der Waals surface area contributed by atoms with Gasteiger partial charge >= 0.3 is 0 Å². The molecule has 0 N–H and O–H groups in total. The first-order valence-electron chi connectivity index (χ1n) is 11.5. The maximum atomic E-state index is 12.3. The molecule has 176 valence electrons. The maximum Gasteiger partial charge on any atom is 0.248 e. The van der Waals surface area contributed by atoms with E-state index in [-0.39, 0.29) is 12.5 Å². The maximum absolute atomic E-state index is 12.3. The highest BCUT2D eigenvalue weighted by atomic mass is 35.5. The monoisotopic (exact) mass is 470 g/mol. The zero-order valence-electron chi connectivity index (χ0n) is 19.5. The number of rotatable bonds is 7. The molecule has 1 aliphatic heterocycles. The van der Waals surface area contributed by atoms with Crippen molar-refractivity contribution in [2.24, 2.45) is 5.92 Å². The van der Waals surface area contributed by atoms with Crippen LogP contribution in [0.2, 0.25) is 5.02 Å². The number of hydrogen-bond acceptors (Lipinski definition) is 6. The molecule has 1 fully saturated rings. The van der Waals surface area contributed by atoms with Crippen molar-refractivity contribution >= 4 is 34.4 Å². The Morgan fingerprint density at radius 3 is 2.79 bits per heavy atom. The highest BCUT2D eigenvalue weighted by molar-refractivity contribution is 6.30. The molecule has 1 aromatic carbocycles. The fourth-order valence-corrected chi connectivity index (χ4v) is 4.28. The summed E-state index contributed by atoms with van der Waals surface area (Å²) in [6, 6.07) is 7.61. The first-order chi connectivity index (χ1) is 16.0. The van der Waals surface area contributed by atoms with E-state index in [2.05, 4.69) is 23.8 Å². The van der Waals surface area contributed by atoms with E-state index in [0.717, 1.165) is 60.7 Å². The lowest BCUT2D eigenvalue weighted by Gasteiger charge is -2.23. The minimum Gasteiger partial charge on any atom is -0.375 e. The van der Waals surface area contributed by atoms with Crippen LogP contribution in [-0.2, 0) is 16.0 Å². The average Bonchev–Trinajstić information content (AvgIpc) is 3.06. The first kappa shape index (κ1) is 23.4. The standard InChI is InChI=1S/C24H31ClN6O2/c1-17(2)8-9-21-27-23(30-11-5-10-29(12-13-30)22(32)16-33-3)20-15-26-31(24(20)28-21)19-7-4-6-18(25)14-19/h4,6-7,14-15,17H,5,8-13,16H2,1-3H3. The number of aromatic nitrogens is 4. The average molecular weight is 471 g/mol. The molecular formula is C24H31ClN6O2. The molecule has 0 unspecified atom stereocenters. The number of aryl methyl sites for hydroxylation is 1. The van der Waals surface area contributed by atoms with Crippen molar-refractivity contribution in [3.63, 3.8) is 0 Å². The van der Waals surface area contributed by atoms with Crippen LogP contribution in [0.5, 0.6) is 0 Å². The van der Waals surface area contributed by atoms with Gasteiger partial charge in [0, 0.05) is 44.7 Å². The molecule has 3 heterocycles. The summed E-state index contributed by atoms with van der Waals surface area (Å²) in [6.07, 6.45) is 4.50. The number of fused-ring (bicyclic) bond motifs is 1. The quantitative estimate of drug-likeness (QED) is 0.523. The number of ether oxygens (including phenoxy) is 1. The number of carbonyl (C=O) groups excluding carboxylic acids is 1. The van der Waals surface area contributed by atoms with Gasteiger partial charge in [-0.2, -0.15) is 5.10 Å². The number of halogens is 1. The number of nitrogens with zero attached hydrogens (tertiary/aromatic N) is 6. The third-order valence-electron chi connectivity index (χ3n) is 5.87. The predicted molar refractivity (Wildman–Crippen MR) is 130 cm³/mol. The second kappa shape index (κ2) is 10.5. The Balaban J connectivity index is 1.71. The summed E-state index contributed by atoms with van der Waals surface area (Å²) in [4.78, 5) is 26.3. The smallest absolute Gasteiger partial charge is 0.248 e. The van der Waals surface area contributed by atoms with Gasteiger partial charge in [-0.15, -0.1) is 0 Å². The van der Waals surface area contributed by atoms with E-state index in [9.17, 15) is 4.79 Å². The Morgan fingerprint density at radius 2 is 2.03 bits per heavy atom. The molecule has 9 heteroatoms. The molecule has 1 aliphatic rings. The van der Waals surface area contributed by atoms with Gasteiger partial charge < -0.3 is 14.5 Å². The van der Waals surface area contributed by atoms with Crippen molar-refractivity contribution in [1.29, 1.82) is 0 Å². The van der Waals surface area contributed by atoms with Crippen LogP contribution in [0, 0.1) is 5.92 Å². The lowest BCUT2D eigenvalue weighted by molar-refractivity contribution is -0.134. The summed E-state index contributed by atoms with van der Waals surface area (Å²) >= 11 is 6.24. The van der Waals surface area contributed by atoms with Crippen LogP contribution in [0.1, 0.15) is 32.5 Å². The molecule has 0 radical (unpaired) electrons. The topological polar surface area (TPSA) is 76.4 Å². The molecule has 0 bridgehead atoms. The van der Waals surface area contributed by atoms with Gasteiger partial charge in [0.05, 0.1) is 17.3 Å². The summed E-state index contributed by atoms with van der Waals surface area (Å²) in [5.74, 6) is 2.28. The molecule has 33 heavy (non-hydrogen) atoms. The van der Waals surface area contributed by atoms with Gasteiger partial charge in [0.25, 0.3) is 0 Å². The first-order valence-corrected chi connectivity index (χ1v) is 11.9. The Morgan fingerprint density at radius 1 is 1.18 bits per heavy atom. The fraction of sp³-hybridized carbons (Fsp3) is 0.500. The number of methoxy groups -OCH3 is 1. The van der Waals surface area contributed by atoms with Gasteiger partial charge in [0.15, 0.2) is 5.65 Å². The summed E-state index contributed by atoms with van der Waals surface area (Å²) in [5, 5.41) is 6.19. The van der Waals surface area contributed by atoms with Crippen LogP contribution in [-0.4, -0.2) is 70.5 Å². The van der Waals surface area contributed by atoms with Gasteiger partial charge in [-0.3, -0.25) is 4.79 Å². The van der Waals surface area contributed by atoms with Crippen molar-refractivity contribution in [3.8, 4) is 5.69 Å². The van der Waals surface area contributed by atoms with Crippen LogP contribution in [0.25, 0.3) is 16.7 Å². The van der Waals surface area contributed by atoms with Crippen LogP contribution in [0.4, 0.5) is 5.82 Å². The van der Waals surface area contributed by atoms with Crippen molar-refractivity contribution in [3.05, 3.63) is 41.3 Å². The number of anilines is 1. The number of amides is 1. The van der Waals surface area contributed by atoms with Gasteiger partial charge in [-0.1, -0.05) is 31.5 Å². The highest BCUT2D eigenvalue weighted by Crippen LogP contribution is 2.28. The molecule has 1 saturated heterocycles. The third kappa shape index (κ3) is 5.45. The SMILES string of the molecule is COCC(=O)N1CCCN(c2nc(CCC(C)C)nc3c2cnn3-c2cccc(Cl)c2)CC1. The molecule has 0 aliphatic carbocycles. The zero-order chi connectivity index (χ0) is 23.4. The summed E-state index contributed by atoms with van der Waals surface area (Å²) in [7, 11) is 1.55. The van der Waals surface area contributed by atoms with Crippen LogP contribution in [0.15, 0.2) is 30.5 Å². The fourth-order valence-electron chi connectivity index (χ4n) is 4.10. The molecule has 0 atom stereocenters.